The minimum Gasteiger partial charge on any atom is -0.376 e. The van der Waals surface area contributed by atoms with Crippen molar-refractivity contribution in [3.05, 3.63) is 29.1 Å². The molecule has 21 heavy (non-hydrogen) atoms. The molecule has 1 saturated heterocycles. The van der Waals surface area contributed by atoms with Crippen molar-refractivity contribution in [2.75, 3.05) is 13.2 Å². The van der Waals surface area contributed by atoms with E-state index in [2.05, 4.69) is 19.5 Å². The van der Waals surface area contributed by atoms with Gasteiger partial charge in [-0.1, -0.05) is 16.2 Å². The summed E-state index contributed by atoms with van der Waals surface area (Å²) in [5.41, 5.74) is 1.42. The first-order valence-electron chi connectivity index (χ1n) is 7.28. The number of pyridine rings is 1. The zero-order valence-electron chi connectivity index (χ0n) is 12.5. The van der Waals surface area contributed by atoms with Crippen molar-refractivity contribution in [1.82, 2.24) is 10.3 Å². The molecule has 1 aliphatic heterocycles. The zero-order chi connectivity index (χ0) is 15.5. The Labute approximate surface area is 127 Å². The lowest BCUT2D eigenvalue weighted by Crippen LogP contribution is -2.32. The minimum absolute atomic E-state index is 0.0861. The van der Waals surface area contributed by atoms with Crippen LogP contribution in [0.1, 0.15) is 47.8 Å². The molecule has 1 N–H and O–H groups in total. The average molecular weight is 312 g/mol. The number of carbonyl (C=O) groups excluding carboxylic acids is 1. The molecule has 1 fully saturated rings. The number of carbonyl (C=O) groups is 1. The van der Waals surface area contributed by atoms with Gasteiger partial charge in [-0.3, -0.25) is 9.78 Å². The number of alkyl halides is 1. The van der Waals surface area contributed by atoms with Crippen LogP contribution in [0.25, 0.3) is 0 Å². The van der Waals surface area contributed by atoms with Crippen molar-refractivity contribution < 1.29 is 13.9 Å². The Morgan fingerprint density at radius 3 is 3.05 bits per heavy atom. The Morgan fingerprint density at radius 2 is 2.43 bits per heavy atom. The van der Waals surface area contributed by atoms with Crippen molar-refractivity contribution in [2.24, 2.45) is 0 Å². The lowest BCUT2D eigenvalue weighted by atomic mass is 10.1. The number of aromatic nitrogens is 1. The molecule has 0 saturated carbocycles. The molecule has 4 nitrogen and oxygen atoms in total. The monoisotopic (exact) mass is 312 g/mol. The fourth-order valence-electron chi connectivity index (χ4n) is 2.30. The largest absolute Gasteiger partial charge is 0.376 e. The van der Waals surface area contributed by atoms with Crippen LogP contribution in [0.2, 0.25) is 0 Å². The van der Waals surface area contributed by atoms with E-state index >= 15 is 0 Å². The van der Waals surface area contributed by atoms with Crippen LogP contribution in [0.4, 0.5) is 4.39 Å². The molecular formula is C15H22FN2O2P. The molecule has 2 rings (SSSR count). The van der Waals surface area contributed by atoms with Gasteiger partial charge in [-0.15, -0.1) is 0 Å². The molecule has 116 valence electrons. The fourth-order valence-corrected chi connectivity index (χ4v) is 2.46. The lowest BCUT2D eigenvalue weighted by Gasteiger charge is -2.19. The molecule has 2 heterocycles. The molecule has 0 aromatic carbocycles. The summed E-state index contributed by atoms with van der Waals surface area (Å²) in [4.78, 5) is 16.4. The normalized spacial score (nSPS) is 21.0. The van der Waals surface area contributed by atoms with Gasteiger partial charge in [0.15, 0.2) is 0 Å². The third kappa shape index (κ3) is 3.98. The summed E-state index contributed by atoms with van der Waals surface area (Å²) in [5, 5.41) is 1.29. The van der Waals surface area contributed by atoms with Crippen molar-refractivity contribution >= 4 is 15.1 Å². The van der Waals surface area contributed by atoms with Crippen LogP contribution in [-0.4, -0.2) is 30.1 Å². The van der Waals surface area contributed by atoms with E-state index in [0.29, 0.717) is 29.8 Å². The number of halogens is 1. The Bertz CT molecular complexity index is 516. The Hall–Kier alpha value is -1.06. The summed E-state index contributed by atoms with van der Waals surface area (Å²) in [6, 6.07) is 1.59. The summed E-state index contributed by atoms with van der Waals surface area (Å²) in [6.07, 6.45) is 3.88. The van der Waals surface area contributed by atoms with Crippen LogP contribution in [0.15, 0.2) is 12.3 Å². The van der Waals surface area contributed by atoms with Gasteiger partial charge < -0.3 is 10.1 Å². The molecule has 3 atom stereocenters. The number of nitrogens with zero attached hydrogens (tertiary/aromatic N) is 1. The Kier molecular flexibility index (Phi) is 5.28. The standard InChI is InChI=1S/C15H22FN2O2P/c1-3-15(16,21)11-7-13(10(2)17-8-11)14(19)18-9-12-5-4-6-20-12/h7-8,12H,3-6,9,21H2,1-2H3,(H,18,19). The molecule has 1 aromatic rings. The zero-order valence-corrected chi connectivity index (χ0v) is 13.6. The van der Waals surface area contributed by atoms with Gasteiger partial charge in [0.25, 0.3) is 5.91 Å². The predicted octanol–water partition coefficient (Wildman–Crippen LogP) is 2.71. The number of aryl methyl sites for hydroxylation is 1. The van der Waals surface area contributed by atoms with Gasteiger partial charge in [0.2, 0.25) is 0 Å². The summed E-state index contributed by atoms with van der Waals surface area (Å²) in [7, 11) is 2.18. The quantitative estimate of drug-likeness (QED) is 0.851. The van der Waals surface area contributed by atoms with E-state index in [9.17, 15) is 9.18 Å². The summed E-state index contributed by atoms with van der Waals surface area (Å²) < 4.78 is 19.8. The third-order valence-electron chi connectivity index (χ3n) is 3.84. The van der Waals surface area contributed by atoms with Gasteiger partial charge in [0.05, 0.1) is 11.7 Å². The molecule has 0 radical (unpaired) electrons. The first kappa shape index (κ1) is 16.3. The minimum atomic E-state index is -1.55. The Morgan fingerprint density at radius 1 is 1.67 bits per heavy atom. The van der Waals surface area contributed by atoms with Gasteiger partial charge in [-0.2, -0.15) is 0 Å². The number of nitrogens with one attached hydrogen (secondary N) is 1. The molecule has 6 heteroatoms. The molecule has 0 aliphatic carbocycles. The van der Waals surface area contributed by atoms with E-state index in [1.165, 1.54) is 6.20 Å². The number of hydrogen-bond acceptors (Lipinski definition) is 3. The summed E-state index contributed by atoms with van der Waals surface area (Å²) >= 11 is 0. The topological polar surface area (TPSA) is 51.2 Å². The van der Waals surface area contributed by atoms with Gasteiger partial charge in [-0.25, -0.2) is 4.39 Å². The number of rotatable bonds is 5. The SMILES string of the molecule is CCC(F)(P)c1cnc(C)c(C(=O)NCC2CCCO2)c1. The van der Waals surface area contributed by atoms with Crippen LogP contribution in [0.3, 0.4) is 0 Å². The number of hydrogen-bond donors (Lipinski definition) is 1. The third-order valence-corrected chi connectivity index (χ3v) is 4.58. The maximum atomic E-state index is 14.3. The maximum Gasteiger partial charge on any atom is 0.253 e. The van der Waals surface area contributed by atoms with Crippen molar-refractivity contribution in [1.29, 1.82) is 0 Å². The van der Waals surface area contributed by atoms with Crippen molar-refractivity contribution in [2.45, 2.75) is 44.6 Å². The van der Waals surface area contributed by atoms with Crippen LogP contribution in [-0.2, 0) is 10.1 Å². The smallest absolute Gasteiger partial charge is 0.253 e. The first-order valence-corrected chi connectivity index (χ1v) is 7.86. The molecule has 1 aliphatic rings. The van der Waals surface area contributed by atoms with E-state index in [1.807, 2.05) is 0 Å². The highest BCUT2D eigenvalue weighted by Gasteiger charge is 2.26. The van der Waals surface area contributed by atoms with E-state index in [-0.39, 0.29) is 12.0 Å². The average Bonchev–Trinajstić information content (AvgIpc) is 2.98. The van der Waals surface area contributed by atoms with Crippen LogP contribution in [0.5, 0.6) is 0 Å². The second-order valence-corrected chi connectivity index (χ2v) is 6.33. The van der Waals surface area contributed by atoms with Gasteiger partial charge in [-0.05, 0) is 32.3 Å². The highest BCUT2D eigenvalue weighted by Crippen LogP contribution is 2.36. The molecule has 3 unspecified atom stereocenters. The summed E-state index contributed by atoms with van der Waals surface area (Å²) in [6.45, 7) is 4.74. The second kappa shape index (κ2) is 6.80. The fraction of sp³-hybridized carbons (Fsp3) is 0.600. The molecular weight excluding hydrogens is 290 g/mol. The van der Waals surface area contributed by atoms with Crippen molar-refractivity contribution in [3.8, 4) is 0 Å². The molecule has 1 aromatic heterocycles. The molecule has 0 bridgehead atoms. The number of ether oxygens (including phenoxy) is 1. The van der Waals surface area contributed by atoms with Crippen LogP contribution >= 0.6 is 9.24 Å². The van der Waals surface area contributed by atoms with Gasteiger partial charge in [0.1, 0.15) is 5.41 Å². The number of amides is 1. The molecule has 0 spiro atoms. The van der Waals surface area contributed by atoms with Crippen molar-refractivity contribution in [3.63, 3.8) is 0 Å². The van der Waals surface area contributed by atoms with Gasteiger partial charge >= 0.3 is 0 Å². The van der Waals surface area contributed by atoms with Crippen LogP contribution in [0, 0.1) is 6.92 Å². The molecule has 1 amide bonds. The second-order valence-electron chi connectivity index (χ2n) is 5.42. The van der Waals surface area contributed by atoms with Crippen LogP contribution < -0.4 is 5.32 Å². The van der Waals surface area contributed by atoms with E-state index in [4.69, 9.17) is 4.74 Å². The maximum absolute atomic E-state index is 14.3. The van der Waals surface area contributed by atoms with Gasteiger partial charge in [0, 0.05) is 30.6 Å². The van der Waals surface area contributed by atoms with E-state index < -0.39 is 5.41 Å². The van der Waals surface area contributed by atoms with E-state index in [0.717, 1.165) is 19.4 Å². The predicted molar refractivity (Wildman–Crippen MR) is 83.1 cm³/mol. The highest BCUT2D eigenvalue weighted by molar-refractivity contribution is 7.18. The Balaban J connectivity index is 2.10. The van der Waals surface area contributed by atoms with E-state index in [1.54, 1.807) is 19.9 Å². The lowest BCUT2D eigenvalue weighted by molar-refractivity contribution is 0.0856. The first-order chi connectivity index (χ1) is 9.94. The summed E-state index contributed by atoms with van der Waals surface area (Å²) in [5.74, 6) is -0.228. The highest BCUT2D eigenvalue weighted by atomic mass is 31.0.